The summed E-state index contributed by atoms with van der Waals surface area (Å²) in [6, 6.07) is 7.93. The fraction of sp³-hybridized carbons (Fsp3) is 0.500. The van der Waals surface area contributed by atoms with Gasteiger partial charge in [-0.05, 0) is 12.1 Å². The lowest BCUT2D eigenvalue weighted by Crippen LogP contribution is -2.49. The SMILES string of the molecule is CC(C)C(=O)N1CCN(Cc2noc3ccccc23)CC1. The maximum absolute atomic E-state index is 12.0. The first-order chi connectivity index (χ1) is 10.1. The van der Waals surface area contributed by atoms with E-state index < -0.39 is 0 Å². The maximum atomic E-state index is 12.0. The van der Waals surface area contributed by atoms with Gasteiger partial charge >= 0.3 is 0 Å². The van der Waals surface area contributed by atoms with Crippen LogP contribution in [0.25, 0.3) is 11.0 Å². The van der Waals surface area contributed by atoms with Crippen molar-refractivity contribution in [3.05, 3.63) is 30.0 Å². The minimum atomic E-state index is 0.0797. The van der Waals surface area contributed by atoms with Crippen LogP contribution in [0.15, 0.2) is 28.8 Å². The molecule has 0 saturated carbocycles. The number of para-hydroxylation sites is 1. The van der Waals surface area contributed by atoms with Crippen molar-refractivity contribution in [3.63, 3.8) is 0 Å². The van der Waals surface area contributed by atoms with E-state index in [1.807, 2.05) is 43.0 Å². The van der Waals surface area contributed by atoms with Crippen molar-refractivity contribution in [3.8, 4) is 0 Å². The van der Waals surface area contributed by atoms with Crippen LogP contribution >= 0.6 is 0 Å². The highest BCUT2D eigenvalue weighted by molar-refractivity contribution is 5.79. The summed E-state index contributed by atoms with van der Waals surface area (Å²) in [5.41, 5.74) is 1.82. The number of nitrogens with zero attached hydrogens (tertiary/aromatic N) is 3. The molecule has 3 rings (SSSR count). The van der Waals surface area contributed by atoms with Crippen LogP contribution in [-0.4, -0.2) is 47.0 Å². The molecule has 1 saturated heterocycles. The third-order valence-electron chi connectivity index (χ3n) is 4.00. The molecule has 0 N–H and O–H groups in total. The molecule has 0 radical (unpaired) electrons. The Hall–Kier alpha value is -1.88. The second-order valence-corrected chi connectivity index (χ2v) is 5.88. The largest absolute Gasteiger partial charge is 0.356 e. The topological polar surface area (TPSA) is 49.6 Å². The van der Waals surface area contributed by atoms with Gasteiger partial charge in [-0.25, -0.2) is 0 Å². The Morgan fingerprint density at radius 3 is 2.67 bits per heavy atom. The van der Waals surface area contributed by atoms with Crippen molar-refractivity contribution in [1.82, 2.24) is 15.0 Å². The second kappa shape index (κ2) is 5.85. The van der Waals surface area contributed by atoms with Crippen molar-refractivity contribution in [2.75, 3.05) is 26.2 Å². The number of hydrogen-bond donors (Lipinski definition) is 0. The predicted octanol–water partition coefficient (Wildman–Crippen LogP) is 2.13. The van der Waals surface area contributed by atoms with Crippen LogP contribution in [0.1, 0.15) is 19.5 Å². The van der Waals surface area contributed by atoms with Gasteiger partial charge in [-0.2, -0.15) is 0 Å². The third kappa shape index (κ3) is 2.93. The number of benzene rings is 1. The van der Waals surface area contributed by atoms with E-state index in [-0.39, 0.29) is 11.8 Å². The fourth-order valence-electron chi connectivity index (χ4n) is 2.76. The minimum Gasteiger partial charge on any atom is -0.356 e. The summed E-state index contributed by atoms with van der Waals surface area (Å²) < 4.78 is 5.34. The van der Waals surface area contributed by atoms with E-state index in [9.17, 15) is 4.79 Å². The van der Waals surface area contributed by atoms with Gasteiger partial charge in [0, 0.05) is 44.0 Å². The lowest BCUT2D eigenvalue weighted by atomic mass is 10.1. The van der Waals surface area contributed by atoms with E-state index in [0.29, 0.717) is 0 Å². The van der Waals surface area contributed by atoms with E-state index in [4.69, 9.17) is 4.52 Å². The van der Waals surface area contributed by atoms with Gasteiger partial charge in [0.15, 0.2) is 5.58 Å². The summed E-state index contributed by atoms with van der Waals surface area (Å²) in [4.78, 5) is 16.3. The number of aromatic nitrogens is 1. The third-order valence-corrected chi connectivity index (χ3v) is 4.00. The van der Waals surface area contributed by atoms with Gasteiger partial charge in [0.1, 0.15) is 5.69 Å². The van der Waals surface area contributed by atoms with Crippen LogP contribution in [0.2, 0.25) is 0 Å². The Morgan fingerprint density at radius 1 is 1.24 bits per heavy atom. The summed E-state index contributed by atoms with van der Waals surface area (Å²) in [5.74, 6) is 0.331. The molecule has 0 unspecified atom stereocenters. The summed E-state index contributed by atoms with van der Waals surface area (Å²) in [6.07, 6.45) is 0. The van der Waals surface area contributed by atoms with Crippen molar-refractivity contribution in [1.29, 1.82) is 0 Å². The van der Waals surface area contributed by atoms with Gasteiger partial charge in [0.25, 0.3) is 0 Å². The predicted molar refractivity (Wildman–Crippen MR) is 80.7 cm³/mol. The Bertz CT molecular complexity index is 627. The minimum absolute atomic E-state index is 0.0797. The molecule has 0 bridgehead atoms. The van der Waals surface area contributed by atoms with Gasteiger partial charge in [0.2, 0.25) is 5.91 Å². The molecule has 1 aliphatic heterocycles. The van der Waals surface area contributed by atoms with Crippen LogP contribution < -0.4 is 0 Å². The molecule has 1 aromatic carbocycles. The van der Waals surface area contributed by atoms with E-state index >= 15 is 0 Å². The number of fused-ring (bicyclic) bond motifs is 1. The molecule has 0 atom stereocenters. The Balaban J connectivity index is 1.62. The molecule has 2 heterocycles. The molecule has 1 amide bonds. The Kier molecular flexibility index (Phi) is 3.92. The van der Waals surface area contributed by atoms with Crippen molar-refractivity contribution < 1.29 is 9.32 Å². The molecule has 1 aliphatic rings. The number of hydrogen-bond acceptors (Lipinski definition) is 4. The number of amides is 1. The molecule has 112 valence electrons. The van der Waals surface area contributed by atoms with Gasteiger partial charge in [-0.3, -0.25) is 9.69 Å². The second-order valence-electron chi connectivity index (χ2n) is 5.88. The van der Waals surface area contributed by atoms with Gasteiger partial charge in [-0.1, -0.05) is 31.1 Å². The quantitative estimate of drug-likeness (QED) is 0.867. The number of piperazine rings is 1. The van der Waals surface area contributed by atoms with E-state index in [1.54, 1.807) is 0 Å². The zero-order valence-electron chi connectivity index (χ0n) is 12.6. The highest BCUT2D eigenvalue weighted by Gasteiger charge is 2.23. The summed E-state index contributed by atoms with van der Waals surface area (Å²) >= 11 is 0. The molecule has 21 heavy (non-hydrogen) atoms. The van der Waals surface area contributed by atoms with Crippen molar-refractivity contribution in [2.24, 2.45) is 5.92 Å². The average Bonchev–Trinajstić information content (AvgIpc) is 2.91. The maximum Gasteiger partial charge on any atom is 0.225 e. The summed E-state index contributed by atoms with van der Waals surface area (Å²) in [5, 5.41) is 5.26. The van der Waals surface area contributed by atoms with E-state index in [1.165, 1.54) is 0 Å². The smallest absolute Gasteiger partial charge is 0.225 e. The van der Waals surface area contributed by atoms with Crippen LogP contribution in [-0.2, 0) is 11.3 Å². The van der Waals surface area contributed by atoms with Gasteiger partial charge in [0.05, 0.1) is 0 Å². The first-order valence-corrected chi connectivity index (χ1v) is 7.49. The van der Waals surface area contributed by atoms with Crippen molar-refractivity contribution >= 4 is 16.9 Å². The molecule has 0 aliphatic carbocycles. The highest BCUT2D eigenvalue weighted by atomic mass is 16.5. The van der Waals surface area contributed by atoms with Crippen LogP contribution in [0.4, 0.5) is 0 Å². The molecule has 1 aromatic heterocycles. The standard InChI is InChI=1S/C16H21N3O2/c1-12(2)16(20)19-9-7-18(8-10-19)11-14-13-5-3-4-6-15(13)21-17-14/h3-6,12H,7-11H2,1-2H3. The van der Waals surface area contributed by atoms with Gasteiger partial charge < -0.3 is 9.42 Å². The molecule has 0 spiro atoms. The zero-order valence-corrected chi connectivity index (χ0v) is 12.6. The van der Waals surface area contributed by atoms with Gasteiger partial charge in [-0.15, -0.1) is 0 Å². The summed E-state index contributed by atoms with van der Waals surface area (Å²) in [7, 11) is 0. The van der Waals surface area contributed by atoms with E-state index in [0.717, 1.165) is 49.4 Å². The molecular formula is C16H21N3O2. The highest BCUT2D eigenvalue weighted by Crippen LogP contribution is 2.20. The van der Waals surface area contributed by atoms with E-state index in [2.05, 4.69) is 10.1 Å². The van der Waals surface area contributed by atoms with Crippen molar-refractivity contribution in [2.45, 2.75) is 20.4 Å². The number of carbonyl (C=O) groups is 1. The van der Waals surface area contributed by atoms with Crippen LogP contribution in [0.5, 0.6) is 0 Å². The molecule has 5 nitrogen and oxygen atoms in total. The average molecular weight is 287 g/mol. The number of rotatable bonds is 3. The molecule has 5 heteroatoms. The first-order valence-electron chi connectivity index (χ1n) is 7.49. The first kappa shape index (κ1) is 14.1. The Morgan fingerprint density at radius 2 is 1.95 bits per heavy atom. The Labute approximate surface area is 124 Å². The zero-order chi connectivity index (χ0) is 14.8. The normalized spacial score (nSPS) is 16.8. The fourth-order valence-corrected chi connectivity index (χ4v) is 2.76. The lowest BCUT2D eigenvalue weighted by Gasteiger charge is -2.35. The summed E-state index contributed by atoms with van der Waals surface area (Å²) in [6.45, 7) is 8.06. The number of carbonyl (C=O) groups excluding carboxylic acids is 1. The molecule has 2 aromatic rings. The molecular weight excluding hydrogens is 266 g/mol. The van der Waals surface area contributed by atoms with Crippen LogP contribution in [0.3, 0.4) is 0 Å². The molecule has 1 fully saturated rings. The van der Waals surface area contributed by atoms with Crippen LogP contribution in [0, 0.1) is 5.92 Å². The monoisotopic (exact) mass is 287 g/mol. The lowest BCUT2D eigenvalue weighted by molar-refractivity contribution is -0.136.